The highest BCUT2D eigenvalue weighted by Crippen LogP contribution is 2.00. The van der Waals surface area contributed by atoms with Crippen LogP contribution >= 0.6 is 0 Å². The quantitative estimate of drug-likeness (QED) is 0.480. The van der Waals surface area contributed by atoms with Gasteiger partial charge in [-0.05, 0) is 12.2 Å². The highest BCUT2D eigenvalue weighted by molar-refractivity contribution is 6.10. The van der Waals surface area contributed by atoms with Gasteiger partial charge in [-0.2, -0.15) is 0 Å². The van der Waals surface area contributed by atoms with E-state index in [4.69, 9.17) is 11.1 Å². The van der Waals surface area contributed by atoms with Crippen molar-refractivity contribution < 1.29 is 0 Å². The van der Waals surface area contributed by atoms with E-state index in [1.54, 1.807) is 18.4 Å². The van der Waals surface area contributed by atoms with Crippen molar-refractivity contribution in [1.29, 1.82) is 5.41 Å². The Bertz CT molecular complexity index is 210. The maximum atomic E-state index is 7.20. The van der Waals surface area contributed by atoms with Crippen LogP contribution < -0.4 is 5.73 Å². The van der Waals surface area contributed by atoms with Crippen molar-refractivity contribution in [2.75, 3.05) is 0 Å². The Hall–Kier alpha value is -1.38. The van der Waals surface area contributed by atoms with E-state index in [1.165, 1.54) is 6.20 Å². The molecule has 46 valence electrons. The minimum Gasteiger partial charge on any atom is -0.403 e. The van der Waals surface area contributed by atoms with Gasteiger partial charge in [-0.3, -0.25) is 10.4 Å². The lowest BCUT2D eigenvalue weighted by atomic mass is 10.2. The van der Waals surface area contributed by atoms with Gasteiger partial charge >= 0.3 is 0 Å². The van der Waals surface area contributed by atoms with Crippen molar-refractivity contribution in [3.63, 3.8) is 0 Å². The fourth-order valence-corrected chi connectivity index (χ4v) is 0.550. The lowest BCUT2D eigenvalue weighted by molar-refractivity contribution is 1.36. The molecule has 0 bridgehead atoms. The van der Waals surface area contributed by atoms with E-state index in [1.807, 2.05) is 0 Å². The molecule has 1 heterocycles. The van der Waals surface area contributed by atoms with Gasteiger partial charge in [0.05, 0.1) is 5.71 Å². The van der Waals surface area contributed by atoms with E-state index < -0.39 is 0 Å². The van der Waals surface area contributed by atoms with Gasteiger partial charge in [0.25, 0.3) is 0 Å². The number of hydrogen-bond donors (Lipinski definition) is 2. The van der Waals surface area contributed by atoms with Crippen molar-refractivity contribution in [3.05, 3.63) is 24.0 Å². The fraction of sp³-hybridized carbons (Fsp3) is 0. The largest absolute Gasteiger partial charge is 0.403 e. The third kappa shape index (κ3) is 1.05. The number of dihydropyridines is 1. The Morgan fingerprint density at radius 3 is 2.89 bits per heavy atom. The molecule has 0 spiro atoms. The molecule has 1 aliphatic heterocycles. The second-order valence-electron chi connectivity index (χ2n) is 1.60. The zero-order chi connectivity index (χ0) is 6.69. The molecule has 0 saturated carbocycles. The first-order valence-corrected chi connectivity index (χ1v) is 2.56. The molecule has 3 nitrogen and oxygen atoms in total. The number of rotatable bonds is 0. The summed E-state index contributed by atoms with van der Waals surface area (Å²) in [6, 6.07) is 0. The van der Waals surface area contributed by atoms with Crippen LogP contribution in [0.1, 0.15) is 0 Å². The summed E-state index contributed by atoms with van der Waals surface area (Å²) >= 11 is 0. The second kappa shape index (κ2) is 2.26. The van der Waals surface area contributed by atoms with E-state index in [0.717, 1.165) is 0 Å². The average molecular weight is 121 g/mol. The molecule has 0 saturated heterocycles. The van der Waals surface area contributed by atoms with Crippen LogP contribution in [0.4, 0.5) is 0 Å². The number of nitrogens with two attached hydrogens (primary N) is 1. The SMILES string of the molecule is N=C1C=CC=N/C1=C/N. The van der Waals surface area contributed by atoms with Crippen molar-refractivity contribution >= 4 is 11.9 Å². The number of nitrogens with one attached hydrogen (secondary N) is 1. The molecule has 0 aromatic rings. The number of nitrogens with zero attached hydrogens (tertiary/aromatic N) is 1. The Labute approximate surface area is 53.1 Å². The van der Waals surface area contributed by atoms with Crippen molar-refractivity contribution in [2.24, 2.45) is 10.7 Å². The van der Waals surface area contributed by atoms with Crippen LogP contribution in [0.2, 0.25) is 0 Å². The Morgan fingerprint density at radius 2 is 2.44 bits per heavy atom. The minimum absolute atomic E-state index is 0.361. The first-order valence-electron chi connectivity index (χ1n) is 2.56. The third-order valence-corrected chi connectivity index (χ3v) is 0.996. The summed E-state index contributed by atoms with van der Waals surface area (Å²) in [5.74, 6) is 0. The van der Waals surface area contributed by atoms with Crippen LogP contribution in [0.15, 0.2) is 29.0 Å². The van der Waals surface area contributed by atoms with E-state index in [9.17, 15) is 0 Å². The second-order valence-corrected chi connectivity index (χ2v) is 1.60. The van der Waals surface area contributed by atoms with Crippen LogP contribution in [-0.4, -0.2) is 11.9 Å². The highest BCUT2D eigenvalue weighted by atomic mass is 14.8. The molecule has 1 aliphatic rings. The molecule has 0 radical (unpaired) electrons. The molecule has 9 heavy (non-hydrogen) atoms. The lowest BCUT2D eigenvalue weighted by Crippen LogP contribution is -2.01. The third-order valence-electron chi connectivity index (χ3n) is 0.996. The van der Waals surface area contributed by atoms with Gasteiger partial charge in [-0.1, -0.05) is 0 Å². The molecule has 0 aliphatic carbocycles. The number of aliphatic imine (C=N–C) groups is 1. The van der Waals surface area contributed by atoms with Gasteiger partial charge in [0, 0.05) is 12.4 Å². The van der Waals surface area contributed by atoms with E-state index in [2.05, 4.69) is 4.99 Å². The molecule has 3 N–H and O–H groups in total. The summed E-state index contributed by atoms with van der Waals surface area (Å²) in [7, 11) is 0. The van der Waals surface area contributed by atoms with Crippen molar-refractivity contribution in [1.82, 2.24) is 0 Å². The average Bonchev–Trinajstić information content (AvgIpc) is 1.89. The maximum Gasteiger partial charge on any atom is 0.103 e. The molecule has 1 rings (SSSR count). The molecular formula is C6H7N3. The molecule has 0 atom stereocenters. The van der Waals surface area contributed by atoms with E-state index in [0.29, 0.717) is 11.4 Å². The van der Waals surface area contributed by atoms with Crippen LogP contribution in [0.3, 0.4) is 0 Å². The summed E-state index contributed by atoms with van der Waals surface area (Å²) in [4.78, 5) is 3.83. The van der Waals surface area contributed by atoms with Crippen LogP contribution in [0.5, 0.6) is 0 Å². The molecule has 0 aromatic heterocycles. The topological polar surface area (TPSA) is 62.2 Å². The minimum atomic E-state index is 0.361. The summed E-state index contributed by atoms with van der Waals surface area (Å²) in [5, 5.41) is 7.20. The monoisotopic (exact) mass is 121 g/mol. The Kier molecular flexibility index (Phi) is 1.44. The molecule has 0 amide bonds. The summed E-state index contributed by atoms with van der Waals surface area (Å²) in [6.07, 6.45) is 6.28. The van der Waals surface area contributed by atoms with Gasteiger partial charge in [0.15, 0.2) is 0 Å². The van der Waals surface area contributed by atoms with Crippen molar-refractivity contribution in [2.45, 2.75) is 0 Å². The summed E-state index contributed by atoms with van der Waals surface area (Å²) in [5.41, 5.74) is 6.03. The van der Waals surface area contributed by atoms with Gasteiger partial charge in [0.1, 0.15) is 5.70 Å². The first-order chi connectivity index (χ1) is 4.34. The number of hydrogen-bond acceptors (Lipinski definition) is 3. The first kappa shape index (κ1) is 5.75. The predicted molar refractivity (Wildman–Crippen MR) is 37.6 cm³/mol. The molecule has 3 heteroatoms. The van der Waals surface area contributed by atoms with Crippen LogP contribution in [0.25, 0.3) is 0 Å². The van der Waals surface area contributed by atoms with E-state index in [-0.39, 0.29) is 0 Å². The van der Waals surface area contributed by atoms with Gasteiger partial charge in [-0.25, -0.2) is 0 Å². The summed E-state index contributed by atoms with van der Waals surface area (Å²) < 4.78 is 0. The smallest absolute Gasteiger partial charge is 0.103 e. The van der Waals surface area contributed by atoms with Gasteiger partial charge < -0.3 is 5.73 Å². The maximum absolute atomic E-state index is 7.20. The number of allylic oxidation sites excluding steroid dienone is 2. The lowest BCUT2D eigenvalue weighted by Gasteiger charge is -1.99. The fourth-order valence-electron chi connectivity index (χ4n) is 0.550. The molecule has 0 unspecified atom stereocenters. The predicted octanol–water partition coefficient (Wildman–Crippen LogP) is 0.447. The molecule has 0 aromatic carbocycles. The zero-order valence-corrected chi connectivity index (χ0v) is 4.83. The zero-order valence-electron chi connectivity index (χ0n) is 4.83. The molecular weight excluding hydrogens is 114 g/mol. The van der Waals surface area contributed by atoms with Gasteiger partial charge in [0.2, 0.25) is 0 Å². The molecule has 0 fully saturated rings. The highest BCUT2D eigenvalue weighted by Gasteiger charge is 1.99. The van der Waals surface area contributed by atoms with Crippen LogP contribution in [0, 0.1) is 5.41 Å². The van der Waals surface area contributed by atoms with Crippen molar-refractivity contribution in [3.8, 4) is 0 Å². The summed E-state index contributed by atoms with van der Waals surface area (Å²) in [6.45, 7) is 0. The van der Waals surface area contributed by atoms with Gasteiger partial charge in [-0.15, -0.1) is 0 Å². The van der Waals surface area contributed by atoms with E-state index >= 15 is 0 Å². The normalized spacial score (nSPS) is 21.3. The Balaban J connectivity index is 2.91. The standard InChI is InChI=1S/C6H7N3/c7-4-6-5(8)2-1-3-9-6/h1-4,8H,7H2/b6-4+,8-5?. The van der Waals surface area contributed by atoms with Crippen LogP contribution in [-0.2, 0) is 0 Å². The Morgan fingerprint density at radius 1 is 1.67 bits per heavy atom.